The molecule has 0 aliphatic rings. The van der Waals surface area contributed by atoms with Crippen LogP contribution in [0.5, 0.6) is 5.75 Å². The van der Waals surface area contributed by atoms with Crippen LogP contribution in [0.1, 0.15) is 18.1 Å². The second-order valence-electron chi connectivity index (χ2n) is 4.07. The van der Waals surface area contributed by atoms with Gasteiger partial charge in [0.05, 0.1) is 12.3 Å². The lowest BCUT2D eigenvalue weighted by molar-refractivity contribution is 0.337. The molecule has 0 fully saturated rings. The van der Waals surface area contributed by atoms with Crippen molar-refractivity contribution in [2.45, 2.75) is 20.8 Å². The van der Waals surface area contributed by atoms with Gasteiger partial charge in [0.15, 0.2) is 0 Å². The van der Waals surface area contributed by atoms with E-state index < -0.39 is 0 Å². The molecule has 0 unspecified atom stereocenters. The summed E-state index contributed by atoms with van der Waals surface area (Å²) in [6.07, 6.45) is 0. The average molecular weight is 231 g/mol. The Morgan fingerprint density at radius 3 is 2.59 bits per heavy atom. The predicted octanol–water partition coefficient (Wildman–Crippen LogP) is 2.67. The van der Waals surface area contributed by atoms with Crippen LogP contribution in [0.4, 0.5) is 5.82 Å². The van der Waals surface area contributed by atoms with Gasteiger partial charge in [-0.05, 0) is 44.0 Å². The molecule has 0 saturated heterocycles. The molecule has 3 N–H and O–H groups in total. The maximum absolute atomic E-state index is 5.61. The molecule has 0 atom stereocenters. The number of aryl methyl sites for hydroxylation is 2. The van der Waals surface area contributed by atoms with E-state index in [0.29, 0.717) is 12.4 Å². The van der Waals surface area contributed by atoms with Crippen LogP contribution in [0.2, 0.25) is 0 Å². The van der Waals surface area contributed by atoms with Crippen molar-refractivity contribution in [1.82, 2.24) is 10.2 Å². The quantitative estimate of drug-likeness (QED) is 0.853. The van der Waals surface area contributed by atoms with Crippen molar-refractivity contribution in [3.05, 3.63) is 29.3 Å². The summed E-state index contributed by atoms with van der Waals surface area (Å²) >= 11 is 0. The number of anilines is 1. The first-order valence-electron chi connectivity index (χ1n) is 5.67. The maximum atomic E-state index is 5.61. The molecular formula is C13H17N3O. The summed E-state index contributed by atoms with van der Waals surface area (Å²) in [5.74, 6) is 1.44. The molecule has 4 heteroatoms. The molecule has 2 rings (SSSR count). The van der Waals surface area contributed by atoms with Crippen molar-refractivity contribution in [1.29, 1.82) is 0 Å². The standard InChI is InChI=1S/C13H17N3O/c1-4-17-12-6-8(2)10(5-9(12)3)11-7-13(14)16-15-11/h5-7H,4H2,1-3H3,(H3,14,15,16). The van der Waals surface area contributed by atoms with Gasteiger partial charge in [-0.3, -0.25) is 5.10 Å². The topological polar surface area (TPSA) is 63.9 Å². The minimum Gasteiger partial charge on any atom is -0.494 e. The number of aromatic nitrogens is 2. The van der Waals surface area contributed by atoms with Gasteiger partial charge < -0.3 is 10.5 Å². The minimum absolute atomic E-state index is 0.505. The van der Waals surface area contributed by atoms with Crippen LogP contribution >= 0.6 is 0 Å². The number of hydrogen-bond donors (Lipinski definition) is 2. The second kappa shape index (κ2) is 4.49. The molecule has 4 nitrogen and oxygen atoms in total. The van der Waals surface area contributed by atoms with E-state index in [1.54, 1.807) is 0 Å². The number of nitrogens with one attached hydrogen (secondary N) is 1. The van der Waals surface area contributed by atoms with E-state index >= 15 is 0 Å². The van der Waals surface area contributed by atoms with E-state index in [2.05, 4.69) is 16.3 Å². The highest BCUT2D eigenvalue weighted by Gasteiger charge is 2.09. The summed E-state index contributed by atoms with van der Waals surface area (Å²) < 4.78 is 5.56. The number of H-pyrrole nitrogens is 1. The Hall–Kier alpha value is -1.97. The Morgan fingerprint density at radius 2 is 2.00 bits per heavy atom. The predicted molar refractivity (Wildman–Crippen MR) is 69.1 cm³/mol. The number of nitrogens with two attached hydrogens (primary N) is 1. The third-order valence-corrected chi connectivity index (χ3v) is 2.71. The third-order valence-electron chi connectivity index (χ3n) is 2.71. The van der Waals surface area contributed by atoms with Crippen LogP contribution in [0.25, 0.3) is 11.3 Å². The lowest BCUT2D eigenvalue weighted by Crippen LogP contribution is -1.96. The Balaban J connectivity index is 2.46. The summed E-state index contributed by atoms with van der Waals surface area (Å²) in [6, 6.07) is 5.97. The first kappa shape index (κ1) is 11.5. The highest BCUT2D eigenvalue weighted by molar-refractivity contribution is 5.68. The highest BCUT2D eigenvalue weighted by atomic mass is 16.5. The van der Waals surface area contributed by atoms with Gasteiger partial charge in [0, 0.05) is 11.6 Å². The zero-order valence-electron chi connectivity index (χ0n) is 10.4. The van der Waals surface area contributed by atoms with Gasteiger partial charge >= 0.3 is 0 Å². The highest BCUT2D eigenvalue weighted by Crippen LogP contribution is 2.29. The number of nitrogen functional groups attached to an aromatic ring is 1. The number of rotatable bonds is 3. The summed E-state index contributed by atoms with van der Waals surface area (Å²) in [4.78, 5) is 0. The zero-order chi connectivity index (χ0) is 12.4. The zero-order valence-corrected chi connectivity index (χ0v) is 10.4. The van der Waals surface area contributed by atoms with Crippen LogP contribution in [-0.4, -0.2) is 16.8 Å². The number of nitrogens with zero attached hydrogens (tertiary/aromatic N) is 1. The van der Waals surface area contributed by atoms with Gasteiger partial charge in [0.2, 0.25) is 0 Å². The normalized spacial score (nSPS) is 10.5. The van der Waals surface area contributed by atoms with Gasteiger partial charge in [0.1, 0.15) is 11.6 Å². The Labute approximate surface area is 101 Å². The molecule has 2 aromatic rings. The summed E-state index contributed by atoms with van der Waals surface area (Å²) in [5.41, 5.74) is 9.91. The van der Waals surface area contributed by atoms with Gasteiger partial charge in [-0.2, -0.15) is 5.10 Å². The third kappa shape index (κ3) is 2.25. The molecule has 1 aromatic carbocycles. The molecule has 0 spiro atoms. The van der Waals surface area contributed by atoms with Crippen molar-refractivity contribution in [3.63, 3.8) is 0 Å². The second-order valence-corrected chi connectivity index (χ2v) is 4.07. The minimum atomic E-state index is 0.505. The first-order valence-corrected chi connectivity index (χ1v) is 5.67. The van der Waals surface area contributed by atoms with E-state index in [9.17, 15) is 0 Å². The first-order chi connectivity index (χ1) is 8.11. The molecule has 1 heterocycles. The van der Waals surface area contributed by atoms with E-state index in [1.165, 1.54) is 0 Å². The molecule has 0 aliphatic heterocycles. The van der Waals surface area contributed by atoms with E-state index in [0.717, 1.165) is 28.1 Å². The number of ether oxygens (including phenoxy) is 1. The Morgan fingerprint density at radius 1 is 1.24 bits per heavy atom. The van der Waals surface area contributed by atoms with Gasteiger partial charge in [-0.1, -0.05) is 0 Å². The lowest BCUT2D eigenvalue weighted by Gasteiger charge is -2.11. The fourth-order valence-electron chi connectivity index (χ4n) is 1.87. The maximum Gasteiger partial charge on any atom is 0.145 e. The van der Waals surface area contributed by atoms with Crippen LogP contribution in [-0.2, 0) is 0 Å². The summed E-state index contributed by atoms with van der Waals surface area (Å²) in [6.45, 7) is 6.75. The van der Waals surface area contributed by atoms with Crippen molar-refractivity contribution in [2.75, 3.05) is 12.3 Å². The largest absolute Gasteiger partial charge is 0.494 e. The van der Waals surface area contributed by atoms with E-state index in [4.69, 9.17) is 10.5 Å². The van der Waals surface area contributed by atoms with Crippen LogP contribution < -0.4 is 10.5 Å². The molecule has 0 bridgehead atoms. The van der Waals surface area contributed by atoms with Gasteiger partial charge in [-0.15, -0.1) is 0 Å². The lowest BCUT2D eigenvalue weighted by atomic mass is 10.0. The van der Waals surface area contributed by atoms with Gasteiger partial charge in [0.25, 0.3) is 0 Å². The molecule has 0 aliphatic carbocycles. The fraction of sp³-hybridized carbons (Fsp3) is 0.308. The van der Waals surface area contributed by atoms with Crippen LogP contribution in [0.3, 0.4) is 0 Å². The van der Waals surface area contributed by atoms with E-state index in [1.807, 2.05) is 32.9 Å². The monoisotopic (exact) mass is 231 g/mol. The Kier molecular flexibility index (Phi) is 3.04. The molecule has 1 aromatic heterocycles. The molecule has 90 valence electrons. The molecular weight excluding hydrogens is 214 g/mol. The number of aromatic amines is 1. The molecule has 17 heavy (non-hydrogen) atoms. The van der Waals surface area contributed by atoms with Crippen molar-refractivity contribution < 1.29 is 4.74 Å². The molecule has 0 saturated carbocycles. The fourth-order valence-corrected chi connectivity index (χ4v) is 1.87. The molecule has 0 radical (unpaired) electrons. The Bertz CT molecular complexity index is 531. The van der Waals surface area contributed by atoms with Crippen LogP contribution in [0, 0.1) is 13.8 Å². The van der Waals surface area contributed by atoms with Crippen LogP contribution in [0.15, 0.2) is 18.2 Å². The average Bonchev–Trinajstić information content (AvgIpc) is 2.70. The van der Waals surface area contributed by atoms with Crippen molar-refractivity contribution in [2.24, 2.45) is 0 Å². The summed E-state index contributed by atoms with van der Waals surface area (Å²) in [5, 5.41) is 6.87. The number of hydrogen-bond acceptors (Lipinski definition) is 3. The van der Waals surface area contributed by atoms with Crippen molar-refractivity contribution >= 4 is 5.82 Å². The van der Waals surface area contributed by atoms with Crippen molar-refractivity contribution in [3.8, 4) is 17.0 Å². The smallest absolute Gasteiger partial charge is 0.145 e. The SMILES string of the molecule is CCOc1cc(C)c(-c2cc(N)n[nH]2)cc1C. The molecule has 0 amide bonds. The summed E-state index contributed by atoms with van der Waals surface area (Å²) in [7, 11) is 0. The van der Waals surface area contributed by atoms with E-state index in [-0.39, 0.29) is 0 Å². The van der Waals surface area contributed by atoms with Gasteiger partial charge in [-0.25, -0.2) is 0 Å². The number of benzene rings is 1.